The lowest BCUT2D eigenvalue weighted by atomic mass is 10.00. The van der Waals surface area contributed by atoms with E-state index in [0.717, 1.165) is 150 Å². The molecule has 0 radical (unpaired) electrons. The van der Waals surface area contributed by atoms with Gasteiger partial charge in [-0.15, -0.1) is 0 Å². The van der Waals surface area contributed by atoms with Gasteiger partial charge >= 0.3 is 0 Å². The summed E-state index contributed by atoms with van der Waals surface area (Å²) in [5.41, 5.74) is 22.6. The van der Waals surface area contributed by atoms with Crippen LogP contribution < -0.4 is 0 Å². The van der Waals surface area contributed by atoms with E-state index in [9.17, 15) is 4.39 Å². The molecule has 0 aliphatic carbocycles. The molecule has 0 aliphatic rings. The Morgan fingerprint density at radius 1 is 0.239 bits per heavy atom. The number of nitrogens with zero attached hydrogens (tertiary/aromatic N) is 10. The molecule has 0 atom stereocenters. The summed E-state index contributed by atoms with van der Waals surface area (Å²) in [7, 11) is -1.00. The highest BCUT2D eigenvalue weighted by atomic mass is 35.5. The van der Waals surface area contributed by atoms with Gasteiger partial charge in [-0.3, -0.25) is 4.39 Å². The van der Waals surface area contributed by atoms with Crippen molar-refractivity contribution in [1.82, 2.24) is 49.8 Å². The number of halogens is 5. The average Bonchev–Trinajstić information content (AvgIpc) is 1.58. The summed E-state index contributed by atoms with van der Waals surface area (Å²) < 4.78 is 45.7. The number of benzene rings is 12. The van der Waals surface area contributed by atoms with Crippen molar-refractivity contribution in [3.8, 4) is 90.3 Å². The van der Waals surface area contributed by atoms with E-state index in [1.54, 1.807) is 0 Å². The van der Waals surface area contributed by atoms with Gasteiger partial charge in [0.05, 0.1) is 8.52 Å². The Bertz CT molecular complexity index is 7140. The average molecular weight is 1550 g/mol. The summed E-state index contributed by atoms with van der Waals surface area (Å²) in [5, 5.41) is 5.98. The van der Waals surface area contributed by atoms with Crippen LogP contribution in [0.2, 0.25) is 20.7 Å². The lowest BCUT2D eigenvalue weighted by Crippen LogP contribution is -1.95. The Morgan fingerprint density at radius 3 is 0.823 bits per heavy atom. The van der Waals surface area contributed by atoms with Crippen molar-refractivity contribution in [1.29, 1.82) is 0 Å². The second-order valence-corrected chi connectivity index (χ2v) is 27.3. The Kier molecular flexibility index (Phi) is 19.0. The van der Waals surface area contributed by atoms with Crippen molar-refractivity contribution >= 4 is 157 Å². The molecule has 22 rings (SSSR count). The van der Waals surface area contributed by atoms with Crippen LogP contribution >= 0.6 is 46.4 Å². The van der Waals surface area contributed by atoms with Crippen molar-refractivity contribution < 1.29 is 27.8 Å². The first-order chi connectivity index (χ1) is 56.1. The number of hydrogen-bond donors (Lipinski definition) is 0. The maximum Gasteiger partial charge on any atom is 0.224 e. The number of rotatable bonds is 8. The van der Waals surface area contributed by atoms with Gasteiger partial charge in [0, 0.05) is 70.9 Å². The van der Waals surface area contributed by atoms with Gasteiger partial charge in [-0.1, -0.05) is 254 Å². The fraction of sp³-hybridized carbons (Fsp3) is 0.0108. The molecule has 12 aromatic carbocycles. The molecule has 0 saturated carbocycles. The smallest absolute Gasteiger partial charge is 0.224 e. The SMILES string of the molecule is Clc1cccc(-c2nc(-c3ccccc3)c3oc4ccccc4c3n2)c1.Clc1nc(-c2ccccc2)c2oc3ccccc3c2n1.Clc1nc(Cl)c2oc3ccccc3c2n1.[2H]CF.c1ccc(-c2nc(-c3cccc(-c4cccc(-c5nc(-c6ccccc6)c6oc7ccccc7c6n5)c4)c3)nc3c2oc2ccccc23)cc1. The molecule has 22 aromatic rings. The summed E-state index contributed by atoms with van der Waals surface area (Å²) in [6, 6.07) is 104. The van der Waals surface area contributed by atoms with Crippen molar-refractivity contribution in [2.75, 3.05) is 7.15 Å². The second-order valence-electron chi connectivity index (χ2n) is 25.8. The standard InChI is InChI=1S/C44H26N4O2.C22H13ClN2O.C16H9ClN2O.C10H4Cl2N2O.CH3F/c1-3-13-27(14-4-1)37-41-39(33-21-7-9-23-35(33)49-41)47-43(45-37)31-19-11-17-29(25-31)30-18-12-20-32(26-30)44-46-38(28-15-5-2-6-16-28)42-40(48-44)34-22-8-10-24-36(34)50-42;23-16-10-6-9-15(13-16)22-24-19(14-7-2-1-3-8-14)21-20(25-22)17-11-4-5-12-18(17)26-21;17-16-18-13(10-6-2-1-3-7-10)15-14(19-16)11-8-4-5-9-12(11)20-15;11-9-8-7(13-10(12)14-9)5-3-1-2-4-6(5)15-8;1-2/h1-26H;1-13H;1-9H;1-4H;1H3/i;;;;1D. The molecular formula is C93H55Cl4FN10O5. The molecule has 0 amide bonds. The van der Waals surface area contributed by atoms with Crippen LogP contribution in [0.3, 0.4) is 0 Å². The van der Waals surface area contributed by atoms with Crippen molar-refractivity contribution in [3.63, 3.8) is 0 Å². The third kappa shape index (κ3) is 13.9. The van der Waals surface area contributed by atoms with Crippen LogP contribution in [0.15, 0.2) is 338 Å². The lowest BCUT2D eigenvalue weighted by Gasteiger charge is -2.10. The summed E-state index contributed by atoms with van der Waals surface area (Å²) in [4.78, 5) is 46.5. The summed E-state index contributed by atoms with van der Waals surface area (Å²) in [6.45, 7) is 0. The quantitative estimate of drug-likeness (QED) is 0.103. The lowest BCUT2D eigenvalue weighted by molar-refractivity contribution is 0.636. The molecule has 0 spiro atoms. The maximum absolute atomic E-state index is 9.96. The third-order valence-electron chi connectivity index (χ3n) is 18.8. The molecule has 10 aromatic heterocycles. The molecule has 542 valence electrons. The minimum absolute atomic E-state index is 0.124. The molecule has 0 saturated heterocycles. The topological polar surface area (TPSA) is 195 Å². The molecule has 113 heavy (non-hydrogen) atoms. The van der Waals surface area contributed by atoms with E-state index in [2.05, 4.69) is 80.6 Å². The van der Waals surface area contributed by atoms with Gasteiger partial charge in [0.1, 0.15) is 78.3 Å². The number of para-hydroxylation sites is 5. The first-order valence-corrected chi connectivity index (χ1v) is 37.0. The largest absolute Gasteiger partial charge is 0.452 e. The van der Waals surface area contributed by atoms with E-state index in [0.29, 0.717) is 55.9 Å². The predicted molar refractivity (Wildman–Crippen MR) is 451 cm³/mol. The zero-order chi connectivity index (χ0) is 77.2. The molecule has 0 aliphatic heterocycles. The maximum atomic E-state index is 9.96. The van der Waals surface area contributed by atoms with Crippen LogP contribution in [-0.4, -0.2) is 57.0 Å². The Labute approximate surface area is 663 Å². The summed E-state index contributed by atoms with van der Waals surface area (Å²) in [5.74, 6) is 1.90. The Balaban J connectivity index is 0.000000117. The van der Waals surface area contributed by atoms with Crippen LogP contribution in [0.5, 0.6) is 0 Å². The predicted octanol–water partition coefficient (Wildman–Crippen LogP) is 26.7. The van der Waals surface area contributed by atoms with Gasteiger partial charge in [-0.2, -0.15) is 0 Å². The van der Waals surface area contributed by atoms with E-state index < -0.39 is 7.15 Å². The van der Waals surface area contributed by atoms with Crippen LogP contribution in [0.1, 0.15) is 1.37 Å². The fourth-order valence-electron chi connectivity index (χ4n) is 13.7. The number of furan rings is 5. The van der Waals surface area contributed by atoms with Crippen molar-refractivity contribution in [2.45, 2.75) is 0 Å². The van der Waals surface area contributed by atoms with E-state index in [-0.39, 0.29) is 15.7 Å². The Hall–Kier alpha value is -13.9. The minimum atomic E-state index is -1.00. The van der Waals surface area contributed by atoms with E-state index in [1.165, 1.54) is 0 Å². The fourth-order valence-corrected chi connectivity index (χ4v) is 14.5. The third-order valence-corrected chi connectivity index (χ3v) is 19.7. The summed E-state index contributed by atoms with van der Waals surface area (Å²) in [6.07, 6.45) is 0. The first-order valence-electron chi connectivity index (χ1n) is 36.2. The zero-order valence-electron chi connectivity index (χ0n) is 60.1. The molecule has 20 heteroatoms. The van der Waals surface area contributed by atoms with Gasteiger partial charge in [0.25, 0.3) is 0 Å². The molecular weight excluding hydrogens is 1500 g/mol. The van der Waals surface area contributed by atoms with Crippen LogP contribution in [0, 0.1) is 0 Å². The molecule has 0 fully saturated rings. The van der Waals surface area contributed by atoms with Crippen LogP contribution in [0.25, 0.3) is 201 Å². The molecule has 0 bridgehead atoms. The molecule has 10 heterocycles. The van der Waals surface area contributed by atoms with Gasteiger partial charge in [-0.25, -0.2) is 49.8 Å². The highest BCUT2D eigenvalue weighted by Gasteiger charge is 2.24. The van der Waals surface area contributed by atoms with Gasteiger partial charge in [-0.05, 0) is 119 Å². The number of alkyl halides is 1. The van der Waals surface area contributed by atoms with Crippen LogP contribution in [-0.2, 0) is 0 Å². The van der Waals surface area contributed by atoms with Crippen molar-refractivity contribution in [3.05, 3.63) is 336 Å². The van der Waals surface area contributed by atoms with Gasteiger partial charge in [0.15, 0.2) is 50.5 Å². The molecule has 0 N–H and O–H groups in total. The number of fused-ring (bicyclic) bond motifs is 15. The molecule has 0 unspecified atom stereocenters. The van der Waals surface area contributed by atoms with Gasteiger partial charge in [0.2, 0.25) is 10.6 Å². The number of hydrogen-bond acceptors (Lipinski definition) is 15. The zero-order valence-corrected chi connectivity index (χ0v) is 62.2. The van der Waals surface area contributed by atoms with E-state index in [1.807, 2.05) is 255 Å². The highest BCUT2D eigenvalue weighted by molar-refractivity contribution is 6.36. The first kappa shape index (κ1) is 69.6. The monoisotopic (exact) mass is 1550 g/mol. The Morgan fingerprint density at radius 2 is 0.487 bits per heavy atom. The van der Waals surface area contributed by atoms with Gasteiger partial charge < -0.3 is 22.1 Å². The highest BCUT2D eigenvalue weighted by Crippen LogP contribution is 2.42. The van der Waals surface area contributed by atoms with Crippen LogP contribution in [0.4, 0.5) is 4.39 Å². The van der Waals surface area contributed by atoms with E-state index in [4.69, 9.17) is 99.8 Å². The van der Waals surface area contributed by atoms with E-state index >= 15 is 0 Å². The normalized spacial score (nSPS) is 11.4. The van der Waals surface area contributed by atoms with Crippen molar-refractivity contribution in [2.24, 2.45) is 0 Å². The molecule has 15 nitrogen and oxygen atoms in total. The number of aromatic nitrogens is 10. The minimum Gasteiger partial charge on any atom is -0.452 e. The summed E-state index contributed by atoms with van der Waals surface area (Å²) >= 11 is 23.9. The second kappa shape index (κ2) is 30.9.